The lowest BCUT2D eigenvalue weighted by Crippen LogP contribution is -2.31. The summed E-state index contributed by atoms with van der Waals surface area (Å²) < 4.78 is 1.80. The molecule has 0 saturated heterocycles. The van der Waals surface area contributed by atoms with Crippen LogP contribution in [-0.4, -0.2) is 34.8 Å². The number of hydrogen-bond donors (Lipinski definition) is 2. The molecule has 3 aromatic carbocycles. The number of aryl methyl sites for hydroxylation is 1. The van der Waals surface area contributed by atoms with Crippen LogP contribution in [0.15, 0.2) is 89.2 Å². The van der Waals surface area contributed by atoms with E-state index in [0.717, 1.165) is 33.8 Å². The smallest absolute Gasteiger partial charge is 0.255 e. The Morgan fingerprint density at radius 2 is 1.84 bits per heavy atom. The van der Waals surface area contributed by atoms with Gasteiger partial charge in [-0.1, -0.05) is 65.8 Å². The Kier molecular flexibility index (Phi) is 7.44. The number of nitrogens with zero attached hydrogens (tertiary/aromatic N) is 4. The Morgan fingerprint density at radius 3 is 2.55 bits per heavy atom. The van der Waals surface area contributed by atoms with Gasteiger partial charge in [-0.2, -0.15) is 4.98 Å². The average Bonchev–Trinajstić information content (AvgIpc) is 3.29. The molecular weight excluding hydrogens is 516 g/mol. The highest BCUT2D eigenvalue weighted by Gasteiger charge is 2.34. The molecule has 4 aromatic rings. The fourth-order valence-electron chi connectivity index (χ4n) is 4.43. The molecule has 0 radical (unpaired) electrons. The van der Waals surface area contributed by atoms with Crippen LogP contribution in [0.3, 0.4) is 0 Å². The molecule has 7 nitrogen and oxygen atoms in total. The number of thioether (sulfide) groups is 1. The monoisotopic (exact) mass is 544 g/mol. The van der Waals surface area contributed by atoms with Crippen LogP contribution >= 0.6 is 23.4 Å². The SMILES string of the molecule is CC1=C(C(=O)Nc2cccc(C)c2)C(c2ccc(N(C)C)cc2)n2nc(SCc3ccccc3Cl)nc2N1. The molecule has 1 aliphatic heterocycles. The average molecular weight is 545 g/mol. The molecule has 0 bridgehead atoms. The summed E-state index contributed by atoms with van der Waals surface area (Å²) >= 11 is 7.86. The third-order valence-electron chi connectivity index (χ3n) is 6.39. The summed E-state index contributed by atoms with van der Waals surface area (Å²) in [4.78, 5) is 20.5. The zero-order valence-electron chi connectivity index (χ0n) is 21.7. The maximum Gasteiger partial charge on any atom is 0.255 e. The molecule has 38 heavy (non-hydrogen) atoms. The highest BCUT2D eigenvalue weighted by atomic mass is 35.5. The van der Waals surface area contributed by atoms with E-state index in [0.29, 0.717) is 27.5 Å². The van der Waals surface area contributed by atoms with Crippen molar-refractivity contribution >= 4 is 46.6 Å². The van der Waals surface area contributed by atoms with E-state index < -0.39 is 6.04 Å². The number of halogens is 1. The van der Waals surface area contributed by atoms with Crippen LogP contribution in [0.25, 0.3) is 0 Å². The molecule has 0 fully saturated rings. The molecule has 5 rings (SSSR count). The number of benzene rings is 3. The molecule has 1 amide bonds. The van der Waals surface area contributed by atoms with Crippen molar-refractivity contribution in [2.45, 2.75) is 30.8 Å². The predicted molar refractivity (Wildman–Crippen MR) is 156 cm³/mol. The molecule has 9 heteroatoms. The van der Waals surface area contributed by atoms with Crippen LogP contribution in [0, 0.1) is 6.92 Å². The normalized spacial score (nSPS) is 14.6. The van der Waals surface area contributed by atoms with Gasteiger partial charge in [0.2, 0.25) is 11.1 Å². The van der Waals surface area contributed by atoms with E-state index in [1.165, 1.54) is 11.8 Å². The van der Waals surface area contributed by atoms with E-state index in [1.54, 1.807) is 4.68 Å². The lowest BCUT2D eigenvalue weighted by molar-refractivity contribution is -0.113. The summed E-state index contributed by atoms with van der Waals surface area (Å²) in [5, 5.41) is 12.5. The predicted octanol–water partition coefficient (Wildman–Crippen LogP) is 6.53. The zero-order valence-corrected chi connectivity index (χ0v) is 23.3. The van der Waals surface area contributed by atoms with Gasteiger partial charge in [-0.15, -0.1) is 5.10 Å². The quantitative estimate of drug-likeness (QED) is 0.258. The van der Waals surface area contributed by atoms with E-state index in [9.17, 15) is 4.79 Å². The lowest BCUT2D eigenvalue weighted by Gasteiger charge is -2.29. The van der Waals surface area contributed by atoms with Crippen LogP contribution in [0.4, 0.5) is 17.3 Å². The highest BCUT2D eigenvalue weighted by Crippen LogP contribution is 2.38. The number of amides is 1. The number of allylic oxidation sites excluding steroid dienone is 1. The second kappa shape index (κ2) is 10.9. The second-order valence-corrected chi connectivity index (χ2v) is 10.8. The Labute approximate surface area is 231 Å². The molecule has 1 unspecified atom stereocenters. The number of hydrogen-bond acceptors (Lipinski definition) is 6. The van der Waals surface area contributed by atoms with Gasteiger partial charge in [0.05, 0.1) is 5.57 Å². The fourth-order valence-corrected chi connectivity index (χ4v) is 5.54. The summed E-state index contributed by atoms with van der Waals surface area (Å²) in [5.41, 5.74) is 6.18. The largest absolute Gasteiger partial charge is 0.378 e. The van der Waals surface area contributed by atoms with Crippen molar-refractivity contribution in [3.8, 4) is 0 Å². The van der Waals surface area contributed by atoms with Crippen molar-refractivity contribution in [2.75, 3.05) is 29.6 Å². The molecule has 194 valence electrons. The zero-order chi connectivity index (χ0) is 26.8. The van der Waals surface area contributed by atoms with Gasteiger partial charge in [0.15, 0.2) is 0 Å². The van der Waals surface area contributed by atoms with E-state index in [4.69, 9.17) is 21.7 Å². The van der Waals surface area contributed by atoms with Gasteiger partial charge < -0.3 is 15.5 Å². The third kappa shape index (κ3) is 5.42. The van der Waals surface area contributed by atoms with E-state index >= 15 is 0 Å². The Morgan fingerprint density at radius 1 is 1.08 bits per heavy atom. The third-order valence-corrected chi connectivity index (χ3v) is 7.65. The summed E-state index contributed by atoms with van der Waals surface area (Å²) in [7, 11) is 4.00. The Balaban J connectivity index is 1.50. The fraction of sp³-hybridized carbons (Fsp3) is 0.207. The number of nitrogens with one attached hydrogen (secondary N) is 2. The first-order valence-electron chi connectivity index (χ1n) is 12.3. The van der Waals surface area contributed by atoms with Gasteiger partial charge in [-0.05, 0) is 60.9 Å². The van der Waals surface area contributed by atoms with Gasteiger partial charge >= 0.3 is 0 Å². The topological polar surface area (TPSA) is 75.1 Å². The van der Waals surface area contributed by atoms with Gasteiger partial charge in [0, 0.05) is 41.9 Å². The second-order valence-electron chi connectivity index (χ2n) is 9.42. The molecule has 0 spiro atoms. The maximum absolute atomic E-state index is 13.7. The van der Waals surface area contributed by atoms with Gasteiger partial charge in [0.1, 0.15) is 6.04 Å². The van der Waals surface area contributed by atoms with Crippen LogP contribution in [0.1, 0.15) is 29.7 Å². The molecule has 0 saturated carbocycles. The van der Waals surface area contributed by atoms with Crippen molar-refractivity contribution in [2.24, 2.45) is 0 Å². The summed E-state index contributed by atoms with van der Waals surface area (Å²) in [6.07, 6.45) is 0. The standard InChI is InChI=1S/C29H29ClN6OS/c1-18-8-7-10-22(16-18)32-27(37)25-19(2)31-28-33-29(38-17-21-9-5-6-11-24(21)30)34-36(28)26(25)20-12-14-23(15-13-20)35(3)4/h5-16,26H,17H2,1-4H3,(H,32,37)(H,31,33,34). The molecule has 2 N–H and O–H groups in total. The number of fused-ring (bicyclic) bond motifs is 1. The maximum atomic E-state index is 13.7. The summed E-state index contributed by atoms with van der Waals surface area (Å²) in [5.74, 6) is 1.05. The first-order chi connectivity index (χ1) is 18.3. The molecule has 2 heterocycles. The molecular formula is C29H29ClN6OS. The summed E-state index contributed by atoms with van der Waals surface area (Å²) in [6, 6.07) is 23.3. The van der Waals surface area contributed by atoms with Crippen molar-refractivity contribution < 1.29 is 4.79 Å². The van der Waals surface area contributed by atoms with E-state index in [2.05, 4.69) is 10.6 Å². The van der Waals surface area contributed by atoms with Gasteiger partial charge in [-0.25, -0.2) is 4.68 Å². The minimum atomic E-state index is -0.450. The first kappa shape index (κ1) is 25.9. The number of anilines is 3. The number of rotatable bonds is 7. The van der Waals surface area contributed by atoms with Crippen molar-refractivity contribution in [3.63, 3.8) is 0 Å². The molecule has 1 aliphatic rings. The van der Waals surface area contributed by atoms with E-state index in [1.807, 2.05) is 106 Å². The van der Waals surface area contributed by atoms with Crippen LogP contribution < -0.4 is 15.5 Å². The first-order valence-corrected chi connectivity index (χ1v) is 13.6. The van der Waals surface area contributed by atoms with Crippen LogP contribution in [0.2, 0.25) is 5.02 Å². The molecule has 1 atom stereocenters. The van der Waals surface area contributed by atoms with Crippen molar-refractivity contribution in [3.05, 3.63) is 106 Å². The summed E-state index contributed by atoms with van der Waals surface area (Å²) in [6.45, 7) is 3.90. The Hall–Kier alpha value is -3.75. The minimum absolute atomic E-state index is 0.186. The number of carbonyl (C=O) groups is 1. The van der Waals surface area contributed by atoms with Gasteiger partial charge in [0.25, 0.3) is 5.91 Å². The lowest BCUT2D eigenvalue weighted by atomic mass is 9.94. The molecule has 1 aromatic heterocycles. The minimum Gasteiger partial charge on any atom is -0.378 e. The van der Waals surface area contributed by atoms with Crippen molar-refractivity contribution in [1.82, 2.24) is 14.8 Å². The number of carbonyl (C=O) groups excluding carboxylic acids is 1. The Bertz CT molecular complexity index is 1510. The van der Waals surface area contributed by atoms with Crippen LogP contribution in [0.5, 0.6) is 0 Å². The van der Waals surface area contributed by atoms with Gasteiger partial charge in [-0.3, -0.25) is 4.79 Å². The van der Waals surface area contributed by atoms with Crippen LogP contribution in [-0.2, 0) is 10.5 Å². The number of aromatic nitrogens is 3. The molecule has 0 aliphatic carbocycles. The van der Waals surface area contributed by atoms with Crippen molar-refractivity contribution in [1.29, 1.82) is 0 Å². The highest BCUT2D eigenvalue weighted by molar-refractivity contribution is 7.98. The van der Waals surface area contributed by atoms with E-state index in [-0.39, 0.29) is 5.91 Å².